The zero-order chi connectivity index (χ0) is 26.8. The van der Waals surface area contributed by atoms with E-state index in [4.69, 9.17) is 16.3 Å². The Bertz CT molecular complexity index is 1200. The summed E-state index contributed by atoms with van der Waals surface area (Å²) in [7, 11) is 1.75. The van der Waals surface area contributed by atoms with Crippen molar-refractivity contribution in [3.63, 3.8) is 0 Å². The molecule has 1 amide bonds. The minimum absolute atomic E-state index is 0.163. The van der Waals surface area contributed by atoms with Crippen LogP contribution in [0, 0.1) is 0 Å². The van der Waals surface area contributed by atoms with Crippen molar-refractivity contribution in [3.8, 4) is 5.75 Å². The molecule has 2 aromatic carbocycles. The largest absolute Gasteiger partial charge is 0.490 e. The molecule has 2 aliphatic heterocycles. The van der Waals surface area contributed by atoms with E-state index in [1.54, 1.807) is 18.0 Å². The van der Waals surface area contributed by atoms with E-state index in [1.807, 2.05) is 18.2 Å². The highest BCUT2D eigenvalue weighted by atomic mass is 35.5. The molecule has 2 aromatic rings. The maximum absolute atomic E-state index is 13.0. The Morgan fingerprint density at radius 3 is 2.74 bits per heavy atom. The molecule has 2 heterocycles. The van der Waals surface area contributed by atoms with Gasteiger partial charge in [0.15, 0.2) is 0 Å². The summed E-state index contributed by atoms with van der Waals surface area (Å²) in [6.07, 6.45) is 11.2. The summed E-state index contributed by atoms with van der Waals surface area (Å²) in [5, 5.41) is 22.5. The number of nitrogens with zero attached hydrogens (tertiary/aromatic N) is 2. The number of ether oxygens (including phenoxy) is 1. The number of anilines is 1. The van der Waals surface area contributed by atoms with Crippen LogP contribution in [0.2, 0.25) is 5.02 Å². The quantitative estimate of drug-likeness (QED) is 0.501. The second kappa shape index (κ2) is 11.3. The first kappa shape index (κ1) is 27.0. The highest BCUT2D eigenvalue weighted by Gasteiger charge is 2.42. The summed E-state index contributed by atoms with van der Waals surface area (Å²) in [6.45, 7) is 2.27. The lowest BCUT2D eigenvalue weighted by Gasteiger charge is -2.41. The molecule has 1 spiro atoms. The number of carbonyl (C=O) groups excluding carboxylic acids is 1. The number of rotatable bonds is 1. The Kier molecular flexibility index (Phi) is 8.03. The number of carbonyl (C=O) groups is 1. The van der Waals surface area contributed by atoms with Crippen LogP contribution in [0.5, 0.6) is 5.75 Å². The van der Waals surface area contributed by atoms with Crippen molar-refractivity contribution in [2.24, 2.45) is 0 Å². The molecule has 1 aliphatic carbocycles. The molecule has 5 rings (SSSR count). The predicted octanol–water partition coefficient (Wildman–Crippen LogP) is 4.97. The number of aliphatic hydroxyl groups excluding tert-OH is 1. The van der Waals surface area contributed by atoms with E-state index >= 15 is 0 Å². The topological polar surface area (TPSA) is 73.2 Å². The molecule has 7 heteroatoms. The molecule has 204 valence electrons. The van der Waals surface area contributed by atoms with Gasteiger partial charge in [-0.25, -0.2) is 0 Å². The van der Waals surface area contributed by atoms with Crippen LogP contribution in [0.1, 0.15) is 61.6 Å². The summed E-state index contributed by atoms with van der Waals surface area (Å²) in [5.41, 5.74) is 2.23. The van der Waals surface area contributed by atoms with E-state index in [1.165, 1.54) is 11.1 Å². The summed E-state index contributed by atoms with van der Waals surface area (Å²) < 4.78 is 6.53. The van der Waals surface area contributed by atoms with E-state index < -0.39 is 12.2 Å². The zero-order valence-corrected chi connectivity index (χ0v) is 23.1. The maximum Gasteiger partial charge on any atom is 0.225 e. The lowest BCUT2D eigenvalue weighted by molar-refractivity contribution is -0.137. The second-order valence-corrected chi connectivity index (χ2v) is 11.7. The lowest BCUT2D eigenvalue weighted by Crippen LogP contribution is -2.46. The van der Waals surface area contributed by atoms with E-state index in [2.05, 4.69) is 29.2 Å². The van der Waals surface area contributed by atoms with Gasteiger partial charge in [-0.3, -0.25) is 4.79 Å². The van der Waals surface area contributed by atoms with Crippen LogP contribution in [-0.4, -0.2) is 60.9 Å². The molecule has 0 unspecified atom stereocenters. The minimum atomic E-state index is -1.67. The third-order valence-corrected chi connectivity index (χ3v) is 8.79. The van der Waals surface area contributed by atoms with Gasteiger partial charge in [0.25, 0.3) is 0 Å². The average Bonchev–Trinajstić information content (AvgIpc) is 3.06. The van der Waals surface area contributed by atoms with E-state index in [9.17, 15) is 15.0 Å². The Balaban J connectivity index is 1.55. The molecule has 0 radical (unpaired) electrons. The number of benzene rings is 2. The summed E-state index contributed by atoms with van der Waals surface area (Å²) in [4.78, 5) is 17.0. The molecule has 0 saturated carbocycles. The minimum Gasteiger partial charge on any atom is -0.490 e. The van der Waals surface area contributed by atoms with Crippen LogP contribution in [0.25, 0.3) is 0 Å². The molecule has 0 saturated heterocycles. The highest BCUT2D eigenvalue weighted by molar-refractivity contribution is 6.30. The van der Waals surface area contributed by atoms with Gasteiger partial charge in [-0.15, -0.1) is 0 Å². The zero-order valence-electron chi connectivity index (χ0n) is 22.3. The van der Waals surface area contributed by atoms with Crippen LogP contribution < -0.4 is 9.64 Å². The maximum atomic E-state index is 13.0. The average molecular weight is 539 g/mol. The van der Waals surface area contributed by atoms with Crippen molar-refractivity contribution in [1.82, 2.24) is 4.90 Å². The molecular formula is C31H39ClN2O4. The molecule has 0 fully saturated rings. The van der Waals surface area contributed by atoms with Gasteiger partial charge in [0.1, 0.15) is 11.4 Å². The number of hydrogen-bond acceptors (Lipinski definition) is 5. The normalized spacial score (nSPS) is 27.4. The first-order valence-electron chi connectivity index (χ1n) is 13.9. The molecule has 2 bridgehead atoms. The number of hydrogen-bond donors (Lipinski definition) is 2. The molecule has 6 nitrogen and oxygen atoms in total. The number of aryl methyl sites for hydroxylation is 1. The third kappa shape index (κ3) is 5.45. The molecule has 2 atom stereocenters. The van der Waals surface area contributed by atoms with Gasteiger partial charge in [0.2, 0.25) is 5.91 Å². The van der Waals surface area contributed by atoms with Gasteiger partial charge < -0.3 is 24.7 Å². The summed E-state index contributed by atoms with van der Waals surface area (Å²) in [6, 6.07) is 11.9. The van der Waals surface area contributed by atoms with Crippen LogP contribution >= 0.6 is 11.6 Å². The van der Waals surface area contributed by atoms with Gasteiger partial charge in [0.05, 0.1) is 25.3 Å². The summed E-state index contributed by atoms with van der Waals surface area (Å²) in [5.74, 6) is 0.581. The van der Waals surface area contributed by atoms with Crippen LogP contribution in [-0.2, 0) is 22.2 Å². The first-order chi connectivity index (χ1) is 18.3. The van der Waals surface area contributed by atoms with E-state index in [-0.39, 0.29) is 17.7 Å². The van der Waals surface area contributed by atoms with Crippen LogP contribution in [0.3, 0.4) is 0 Å². The van der Waals surface area contributed by atoms with Crippen molar-refractivity contribution in [2.75, 3.05) is 44.8 Å². The Morgan fingerprint density at radius 2 is 1.89 bits per heavy atom. The highest BCUT2D eigenvalue weighted by Crippen LogP contribution is 2.45. The van der Waals surface area contributed by atoms with Gasteiger partial charge in [-0.1, -0.05) is 35.9 Å². The molecule has 3 aliphatic rings. The standard InChI is InChI=1S/C31H39ClN2O4/c1-33-15-6-4-2-3-5-7-16-34-20-30(14-8-9-23-17-25(32)11-12-26(23)30)22-38-28-13-10-24(18-27(28)34)31(37,21-35)19-29(33)36/h2,4,10-13,17-18,35,37H,3,5-9,14-16,19-22H2,1H3/b4-2+/t30-,31+/m0/s1. The van der Waals surface area contributed by atoms with E-state index in [0.29, 0.717) is 18.7 Å². The Hall–Kier alpha value is -2.54. The van der Waals surface area contributed by atoms with Crippen molar-refractivity contribution in [3.05, 3.63) is 70.3 Å². The van der Waals surface area contributed by atoms with Gasteiger partial charge in [0, 0.05) is 37.1 Å². The number of amides is 1. The fourth-order valence-corrected chi connectivity index (χ4v) is 6.46. The smallest absolute Gasteiger partial charge is 0.225 e. The fraction of sp³-hybridized carbons (Fsp3) is 0.516. The van der Waals surface area contributed by atoms with Crippen molar-refractivity contribution in [2.45, 2.75) is 62.4 Å². The monoisotopic (exact) mass is 538 g/mol. The second-order valence-electron chi connectivity index (χ2n) is 11.3. The number of halogens is 1. The van der Waals surface area contributed by atoms with Gasteiger partial charge in [-0.05, 0) is 85.9 Å². The van der Waals surface area contributed by atoms with Crippen LogP contribution in [0.15, 0.2) is 48.6 Å². The third-order valence-electron chi connectivity index (χ3n) is 8.55. The van der Waals surface area contributed by atoms with Crippen molar-refractivity contribution < 1.29 is 19.7 Å². The molecule has 2 N–H and O–H groups in total. The first-order valence-corrected chi connectivity index (χ1v) is 14.2. The molecular weight excluding hydrogens is 500 g/mol. The van der Waals surface area contributed by atoms with Gasteiger partial charge in [-0.2, -0.15) is 0 Å². The van der Waals surface area contributed by atoms with E-state index in [0.717, 1.165) is 74.5 Å². The van der Waals surface area contributed by atoms with Crippen molar-refractivity contribution in [1.29, 1.82) is 0 Å². The fourth-order valence-electron chi connectivity index (χ4n) is 6.27. The predicted molar refractivity (Wildman–Crippen MR) is 151 cm³/mol. The molecule has 0 aromatic heterocycles. The van der Waals surface area contributed by atoms with Crippen LogP contribution in [0.4, 0.5) is 5.69 Å². The van der Waals surface area contributed by atoms with Gasteiger partial charge >= 0.3 is 0 Å². The number of aliphatic hydroxyl groups is 2. The number of fused-ring (bicyclic) bond motifs is 3. The lowest BCUT2D eigenvalue weighted by atomic mass is 9.70. The Morgan fingerprint density at radius 1 is 1.05 bits per heavy atom. The summed E-state index contributed by atoms with van der Waals surface area (Å²) >= 11 is 6.36. The number of allylic oxidation sites excluding steroid dienone is 1. The Labute approximate surface area is 230 Å². The van der Waals surface area contributed by atoms with Crippen molar-refractivity contribution >= 4 is 23.2 Å². The SMILES string of the molecule is CN1CC/C=C/CCCCN2C[C@@]3(CCCc4cc(Cl)ccc43)COc3ccc(cc32)[C@](O)(CO)CC1=O. The molecule has 38 heavy (non-hydrogen) atoms.